The fourth-order valence-electron chi connectivity index (χ4n) is 3.37. The van der Waals surface area contributed by atoms with Crippen molar-refractivity contribution in [3.63, 3.8) is 0 Å². The summed E-state index contributed by atoms with van der Waals surface area (Å²) in [4.78, 5) is 13.8. The van der Waals surface area contributed by atoms with Gasteiger partial charge in [0.1, 0.15) is 23.0 Å². The van der Waals surface area contributed by atoms with Crippen LogP contribution < -0.4 is 11.1 Å². The standard InChI is InChI=1S/C24H18FN5O/c1-14-4-11-20(31-14)22-21(16-5-10-19-15(13-16)3-2-12-27-19)30-24(23(26)29-22)28-18-8-6-17(25)7-9-18/h2-13H,1H3,(H2,26,29)(H,28,30). The van der Waals surface area contributed by atoms with Gasteiger partial charge in [-0.25, -0.2) is 14.4 Å². The number of hydrogen-bond acceptors (Lipinski definition) is 6. The van der Waals surface area contributed by atoms with Gasteiger partial charge in [0.25, 0.3) is 0 Å². The molecule has 3 heterocycles. The normalized spacial score (nSPS) is 11.0. The summed E-state index contributed by atoms with van der Waals surface area (Å²) in [5.41, 5.74) is 9.75. The van der Waals surface area contributed by atoms with Gasteiger partial charge in [0.15, 0.2) is 17.4 Å². The van der Waals surface area contributed by atoms with Gasteiger partial charge in [-0.1, -0.05) is 12.1 Å². The predicted octanol–water partition coefficient (Wildman–Crippen LogP) is 5.73. The highest BCUT2D eigenvalue weighted by Gasteiger charge is 2.18. The fourth-order valence-corrected chi connectivity index (χ4v) is 3.37. The number of aromatic nitrogens is 3. The Balaban J connectivity index is 1.67. The van der Waals surface area contributed by atoms with E-state index in [1.807, 2.05) is 49.4 Å². The maximum absolute atomic E-state index is 13.3. The van der Waals surface area contributed by atoms with E-state index < -0.39 is 0 Å². The van der Waals surface area contributed by atoms with Gasteiger partial charge >= 0.3 is 0 Å². The van der Waals surface area contributed by atoms with Crippen LogP contribution >= 0.6 is 0 Å². The molecule has 0 saturated carbocycles. The number of anilines is 3. The van der Waals surface area contributed by atoms with Crippen LogP contribution in [-0.2, 0) is 0 Å². The van der Waals surface area contributed by atoms with Gasteiger partial charge in [-0.05, 0) is 61.5 Å². The summed E-state index contributed by atoms with van der Waals surface area (Å²) in [6, 6.07) is 19.4. The smallest absolute Gasteiger partial charge is 0.174 e. The Hall–Kier alpha value is -4.26. The summed E-state index contributed by atoms with van der Waals surface area (Å²) in [5.74, 6) is 1.60. The molecule has 0 radical (unpaired) electrons. The van der Waals surface area contributed by atoms with Gasteiger partial charge in [-0.15, -0.1) is 0 Å². The van der Waals surface area contributed by atoms with Crippen molar-refractivity contribution in [3.8, 4) is 22.7 Å². The largest absolute Gasteiger partial charge is 0.460 e. The number of nitrogens with one attached hydrogen (secondary N) is 1. The van der Waals surface area contributed by atoms with Crippen molar-refractivity contribution in [1.29, 1.82) is 0 Å². The molecule has 0 unspecified atom stereocenters. The molecule has 3 N–H and O–H groups in total. The zero-order chi connectivity index (χ0) is 21.4. The number of aryl methyl sites for hydroxylation is 1. The maximum Gasteiger partial charge on any atom is 0.174 e. The summed E-state index contributed by atoms with van der Waals surface area (Å²) < 4.78 is 19.1. The quantitative estimate of drug-likeness (QED) is 0.393. The van der Waals surface area contributed by atoms with E-state index in [2.05, 4.69) is 15.3 Å². The zero-order valence-corrected chi connectivity index (χ0v) is 16.6. The Bertz CT molecular complexity index is 1400. The first-order valence-electron chi connectivity index (χ1n) is 9.69. The molecule has 0 amide bonds. The Labute approximate surface area is 177 Å². The highest BCUT2D eigenvalue weighted by molar-refractivity contribution is 5.88. The van der Waals surface area contributed by atoms with Crippen LogP contribution in [0.2, 0.25) is 0 Å². The number of hydrogen-bond donors (Lipinski definition) is 2. The second-order valence-electron chi connectivity index (χ2n) is 7.11. The second-order valence-corrected chi connectivity index (χ2v) is 7.11. The highest BCUT2D eigenvalue weighted by atomic mass is 19.1. The molecule has 3 aromatic heterocycles. The Morgan fingerprint density at radius 1 is 0.935 bits per heavy atom. The predicted molar refractivity (Wildman–Crippen MR) is 119 cm³/mol. The third kappa shape index (κ3) is 3.69. The van der Waals surface area contributed by atoms with Crippen molar-refractivity contribution in [3.05, 3.63) is 84.5 Å². The molecule has 0 aliphatic carbocycles. The van der Waals surface area contributed by atoms with Gasteiger partial charge in [0.05, 0.1) is 5.52 Å². The van der Waals surface area contributed by atoms with Crippen LogP contribution in [0.25, 0.3) is 33.6 Å². The molecule has 7 heteroatoms. The third-order valence-electron chi connectivity index (χ3n) is 4.88. The lowest BCUT2D eigenvalue weighted by molar-refractivity contribution is 0.546. The van der Waals surface area contributed by atoms with Crippen molar-refractivity contribution in [2.75, 3.05) is 11.1 Å². The van der Waals surface area contributed by atoms with Crippen LogP contribution in [-0.4, -0.2) is 15.0 Å². The van der Waals surface area contributed by atoms with E-state index in [9.17, 15) is 4.39 Å². The topological polar surface area (TPSA) is 89.9 Å². The van der Waals surface area contributed by atoms with E-state index in [1.165, 1.54) is 12.1 Å². The molecule has 5 aromatic rings. The lowest BCUT2D eigenvalue weighted by Gasteiger charge is -2.13. The number of benzene rings is 2. The molecule has 6 nitrogen and oxygen atoms in total. The number of nitrogens with two attached hydrogens (primary N) is 1. The Morgan fingerprint density at radius 2 is 1.77 bits per heavy atom. The molecule has 2 aromatic carbocycles. The molecule has 0 fully saturated rings. The second kappa shape index (κ2) is 7.53. The minimum atomic E-state index is -0.321. The first kappa shape index (κ1) is 18.7. The zero-order valence-electron chi connectivity index (χ0n) is 16.6. The number of fused-ring (bicyclic) bond motifs is 1. The highest BCUT2D eigenvalue weighted by Crippen LogP contribution is 2.35. The number of nitrogens with zero attached hydrogens (tertiary/aromatic N) is 3. The lowest BCUT2D eigenvalue weighted by Crippen LogP contribution is -2.05. The van der Waals surface area contributed by atoms with Crippen molar-refractivity contribution < 1.29 is 8.81 Å². The van der Waals surface area contributed by atoms with E-state index >= 15 is 0 Å². The lowest BCUT2D eigenvalue weighted by atomic mass is 10.1. The Morgan fingerprint density at radius 3 is 2.55 bits per heavy atom. The van der Waals surface area contributed by atoms with Crippen LogP contribution in [0.15, 0.2) is 77.3 Å². The molecule has 0 bridgehead atoms. The first-order valence-corrected chi connectivity index (χ1v) is 9.69. The molecule has 0 atom stereocenters. The summed E-state index contributed by atoms with van der Waals surface area (Å²) in [6.45, 7) is 1.87. The van der Waals surface area contributed by atoms with E-state index in [-0.39, 0.29) is 11.6 Å². The Kier molecular flexibility index (Phi) is 4.55. The molecule has 0 aliphatic rings. The fraction of sp³-hybridized carbons (Fsp3) is 0.0417. The van der Waals surface area contributed by atoms with Gasteiger partial charge in [-0.2, -0.15) is 0 Å². The molecular formula is C24H18FN5O. The monoisotopic (exact) mass is 411 g/mol. The number of furan rings is 1. The van der Waals surface area contributed by atoms with Crippen LogP contribution in [0.3, 0.4) is 0 Å². The van der Waals surface area contributed by atoms with Crippen LogP contribution in [0.1, 0.15) is 5.76 Å². The van der Waals surface area contributed by atoms with Gasteiger partial charge in [-0.3, -0.25) is 4.98 Å². The van der Waals surface area contributed by atoms with Crippen LogP contribution in [0.4, 0.5) is 21.7 Å². The van der Waals surface area contributed by atoms with E-state index in [1.54, 1.807) is 18.3 Å². The average Bonchev–Trinajstić information content (AvgIpc) is 3.22. The van der Waals surface area contributed by atoms with Crippen LogP contribution in [0, 0.1) is 12.7 Å². The molecule has 5 rings (SSSR count). The SMILES string of the molecule is Cc1ccc(-c2nc(N)c(Nc3ccc(F)cc3)nc2-c2ccc3ncccc3c2)o1. The maximum atomic E-state index is 13.3. The van der Waals surface area contributed by atoms with Crippen molar-refractivity contribution in [2.24, 2.45) is 0 Å². The van der Waals surface area contributed by atoms with E-state index in [0.717, 1.165) is 22.2 Å². The average molecular weight is 411 g/mol. The molecule has 31 heavy (non-hydrogen) atoms. The summed E-state index contributed by atoms with van der Waals surface area (Å²) in [7, 11) is 0. The summed E-state index contributed by atoms with van der Waals surface area (Å²) in [5, 5.41) is 4.10. The first-order chi connectivity index (χ1) is 15.1. The molecule has 152 valence electrons. The number of pyridine rings is 1. The van der Waals surface area contributed by atoms with Crippen LogP contribution in [0.5, 0.6) is 0 Å². The summed E-state index contributed by atoms with van der Waals surface area (Å²) >= 11 is 0. The van der Waals surface area contributed by atoms with E-state index in [4.69, 9.17) is 15.1 Å². The summed E-state index contributed by atoms with van der Waals surface area (Å²) in [6.07, 6.45) is 1.76. The number of nitrogen functional groups attached to an aromatic ring is 1. The minimum absolute atomic E-state index is 0.208. The molecule has 0 aliphatic heterocycles. The molecule has 0 spiro atoms. The third-order valence-corrected chi connectivity index (χ3v) is 4.88. The van der Waals surface area contributed by atoms with Gasteiger partial charge in [0.2, 0.25) is 0 Å². The number of rotatable bonds is 4. The molecule has 0 saturated heterocycles. The minimum Gasteiger partial charge on any atom is -0.460 e. The van der Waals surface area contributed by atoms with Crippen molar-refractivity contribution in [1.82, 2.24) is 15.0 Å². The van der Waals surface area contributed by atoms with Gasteiger partial charge < -0.3 is 15.5 Å². The van der Waals surface area contributed by atoms with E-state index in [0.29, 0.717) is 28.7 Å². The molecular weight excluding hydrogens is 393 g/mol. The van der Waals surface area contributed by atoms with Gasteiger partial charge in [0, 0.05) is 22.8 Å². The number of halogens is 1. The van der Waals surface area contributed by atoms with Crippen molar-refractivity contribution in [2.45, 2.75) is 6.92 Å². The van der Waals surface area contributed by atoms with Crippen molar-refractivity contribution >= 4 is 28.2 Å².